The second kappa shape index (κ2) is 6.89. The second-order valence-electron chi connectivity index (χ2n) is 4.72. The highest BCUT2D eigenvalue weighted by atomic mass is 32.1. The van der Waals surface area contributed by atoms with Crippen molar-refractivity contribution in [3.63, 3.8) is 0 Å². The van der Waals surface area contributed by atoms with Crippen molar-refractivity contribution in [2.24, 2.45) is 0 Å². The Kier molecular flexibility index (Phi) is 4.68. The molecule has 3 rings (SSSR count). The van der Waals surface area contributed by atoms with Crippen LogP contribution in [0.2, 0.25) is 0 Å². The Morgan fingerprint density at radius 2 is 2.22 bits per heavy atom. The first-order chi connectivity index (χ1) is 11.2. The summed E-state index contributed by atoms with van der Waals surface area (Å²) in [5.74, 6) is 0.214. The first kappa shape index (κ1) is 15.6. The first-order valence-electron chi connectivity index (χ1n) is 7.08. The molecule has 3 heterocycles. The molecule has 0 bridgehead atoms. The standard InChI is InChI=1S/C16H15N3O2S2/c1-3-21-14-8-11(6-7-17-14)15(20)19-16-18-12(9-22-16)13-5-4-10(2)23-13/h4-9H,3H2,1-2H3,(H,18,19,20). The molecular formula is C16H15N3O2S2. The molecule has 1 amide bonds. The fraction of sp³-hybridized carbons (Fsp3) is 0.188. The number of thiazole rings is 1. The summed E-state index contributed by atoms with van der Waals surface area (Å²) < 4.78 is 5.31. The third-order valence-corrected chi connectivity index (χ3v) is 4.79. The van der Waals surface area contributed by atoms with Crippen molar-refractivity contribution in [2.45, 2.75) is 13.8 Å². The van der Waals surface area contributed by atoms with Crippen LogP contribution in [0.25, 0.3) is 10.6 Å². The van der Waals surface area contributed by atoms with Crippen LogP contribution in [0.4, 0.5) is 5.13 Å². The van der Waals surface area contributed by atoms with Crippen LogP contribution in [0, 0.1) is 6.92 Å². The van der Waals surface area contributed by atoms with Gasteiger partial charge >= 0.3 is 0 Å². The van der Waals surface area contributed by atoms with Crippen molar-refractivity contribution in [1.29, 1.82) is 0 Å². The highest BCUT2D eigenvalue weighted by molar-refractivity contribution is 7.17. The molecule has 0 aromatic carbocycles. The number of aromatic nitrogens is 2. The fourth-order valence-electron chi connectivity index (χ4n) is 1.96. The van der Waals surface area contributed by atoms with Crippen LogP contribution in [-0.4, -0.2) is 22.5 Å². The molecule has 3 aromatic rings. The lowest BCUT2D eigenvalue weighted by Gasteiger charge is -2.04. The molecule has 5 nitrogen and oxygen atoms in total. The van der Waals surface area contributed by atoms with Crippen molar-refractivity contribution < 1.29 is 9.53 Å². The summed E-state index contributed by atoms with van der Waals surface area (Å²) >= 11 is 3.09. The SMILES string of the molecule is CCOc1cc(C(=O)Nc2nc(-c3ccc(C)s3)cs2)ccn1. The van der Waals surface area contributed by atoms with E-state index < -0.39 is 0 Å². The maximum Gasteiger partial charge on any atom is 0.257 e. The van der Waals surface area contributed by atoms with E-state index in [1.165, 1.54) is 16.2 Å². The molecular weight excluding hydrogens is 330 g/mol. The summed E-state index contributed by atoms with van der Waals surface area (Å²) in [6, 6.07) is 7.37. The predicted octanol–water partition coefficient (Wildman–Crippen LogP) is 4.23. The molecule has 0 spiro atoms. The first-order valence-corrected chi connectivity index (χ1v) is 8.78. The average molecular weight is 345 g/mol. The fourth-order valence-corrected chi connectivity index (χ4v) is 3.57. The van der Waals surface area contributed by atoms with E-state index in [0.717, 1.165) is 10.6 Å². The molecule has 0 unspecified atom stereocenters. The summed E-state index contributed by atoms with van der Waals surface area (Å²) in [5, 5.41) is 5.33. The summed E-state index contributed by atoms with van der Waals surface area (Å²) in [6.07, 6.45) is 1.56. The topological polar surface area (TPSA) is 64.1 Å². The molecule has 0 aliphatic carbocycles. The number of rotatable bonds is 5. The van der Waals surface area contributed by atoms with Gasteiger partial charge in [-0.1, -0.05) is 0 Å². The lowest BCUT2D eigenvalue weighted by Crippen LogP contribution is -2.12. The quantitative estimate of drug-likeness (QED) is 0.752. The van der Waals surface area contributed by atoms with Crippen molar-refractivity contribution in [2.75, 3.05) is 11.9 Å². The Hall–Kier alpha value is -2.25. The number of anilines is 1. The van der Waals surface area contributed by atoms with E-state index in [0.29, 0.717) is 23.2 Å². The van der Waals surface area contributed by atoms with E-state index >= 15 is 0 Å². The second-order valence-corrected chi connectivity index (χ2v) is 6.86. The Morgan fingerprint density at radius 1 is 1.35 bits per heavy atom. The minimum atomic E-state index is -0.225. The Bertz CT molecular complexity index is 826. The van der Waals surface area contributed by atoms with E-state index in [1.807, 2.05) is 18.4 Å². The van der Waals surface area contributed by atoms with Crippen LogP contribution in [0.1, 0.15) is 22.2 Å². The van der Waals surface area contributed by atoms with E-state index in [2.05, 4.69) is 28.3 Å². The number of aryl methyl sites for hydroxylation is 1. The maximum absolute atomic E-state index is 12.3. The number of nitrogens with zero attached hydrogens (tertiary/aromatic N) is 2. The molecule has 0 aliphatic rings. The van der Waals surface area contributed by atoms with E-state index in [-0.39, 0.29) is 5.91 Å². The van der Waals surface area contributed by atoms with Gasteiger partial charge in [0.2, 0.25) is 5.88 Å². The van der Waals surface area contributed by atoms with Gasteiger partial charge in [0.1, 0.15) is 0 Å². The maximum atomic E-state index is 12.3. The van der Waals surface area contributed by atoms with Gasteiger partial charge in [0.05, 0.1) is 17.2 Å². The highest BCUT2D eigenvalue weighted by Gasteiger charge is 2.12. The molecule has 23 heavy (non-hydrogen) atoms. The monoisotopic (exact) mass is 345 g/mol. The third kappa shape index (κ3) is 3.75. The molecule has 0 atom stereocenters. The van der Waals surface area contributed by atoms with Crippen LogP contribution in [0.3, 0.4) is 0 Å². The van der Waals surface area contributed by atoms with Crippen molar-refractivity contribution in [3.8, 4) is 16.5 Å². The number of thiophene rings is 1. The van der Waals surface area contributed by atoms with E-state index in [1.54, 1.807) is 29.7 Å². The van der Waals surface area contributed by atoms with Crippen LogP contribution < -0.4 is 10.1 Å². The van der Waals surface area contributed by atoms with Crippen LogP contribution in [0.15, 0.2) is 35.8 Å². The number of pyridine rings is 1. The number of hydrogen-bond acceptors (Lipinski definition) is 6. The molecule has 1 N–H and O–H groups in total. The van der Waals surface area contributed by atoms with Crippen molar-refractivity contribution in [1.82, 2.24) is 9.97 Å². The Labute approximate surface area is 142 Å². The molecule has 7 heteroatoms. The molecule has 0 radical (unpaired) electrons. The van der Waals surface area contributed by atoms with Gasteiger partial charge in [-0.25, -0.2) is 9.97 Å². The van der Waals surface area contributed by atoms with Gasteiger partial charge in [0, 0.05) is 28.1 Å². The molecule has 0 aliphatic heterocycles. The van der Waals surface area contributed by atoms with Gasteiger partial charge < -0.3 is 4.74 Å². The number of ether oxygens (including phenoxy) is 1. The highest BCUT2D eigenvalue weighted by Crippen LogP contribution is 2.30. The normalized spacial score (nSPS) is 10.5. The molecule has 3 aromatic heterocycles. The van der Waals surface area contributed by atoms with Crippen molar-refractivity contribution in [3.05, 3.63) is 46.3 Å². The molecule has 0 saturated heterocycles. The lowest BCUT2D eigenvalue weighted by molar-refractivity contribution is 0.102. The lowest BCUT2D eigenvalue weighted by atomic mass is 10.2. The summed E-state index contributed by atoms with van der Waals surface area (Å²) in [5.41, 5.74) is 1.38. The zero-order chi connectivity index (χ0) is 16.2. The minimum Gasteiger partial charge on any atom is -0.478 e. The minimum absolute atomic E-state index is 0.225. The summed E-state index contributed by atoms with van der Waals surface area (Å²) in [6.45, 7) is 4.44. The molecule has 0 fully saturated rings. The summed E-state index contributed by atoms with van der Waals surface area (Å²) in [7, 11) is 0. The molecule has 0 saturated carbocycles. The van der Waals surface area contributed by atoms with Gasteiger partial charge in [-0.2, -0.15) is 0 Å². The van der Waals surface area contributed by atoms with Crippen molar-refractivity contribution >= 4 is 33.7 Å². The molecule has 118 valence electrons. The van der Waals surface area contributed by atoms with Crippen LogP contribution >= 0.6 is 22.7 Å². The number of amides is 1. The number of carbonyl (C=O) groups excluding carboxylic acids is 1. The van der Waals surface area contributed by atoms with Crippen LogP contribution in [0.5, 0.6) is 5.88 Å². The van der Waals surface area contributed by atoms with E-state index in [4.69, 9.17) is 4.74 Å². The number of nitrogens with one attached hydrogen (secondary N) is 1. The van der Waals surface area contributed by atoms with Gasteiger partial charge in [-0.15, -0.1) is 22.7 Å². The largest absolute Gasteiger partial charge is 0.478 e. The Balaban J connectivity index is 1.73. The van der Waals surface area contributed by atoms with Gasteiger partial charge in [0.25, 0.3) is 5.91 Å². The zero-order valence-electron chi connectivity index (χ0n) is 12.7. The predicted molar refractivity (Wildman–Crippen MR) is 93.5 cm³/mol. The average Bonchev–Trinajstić information content (AvgIpc) is 3.17. The van der Waals surface area contributed by atoms with Gasteiger partial charge in [-0.05, 0) is 32.0 Å². The zero-order valence-corrected chi connectivity index (χ0v) is 14.3. The number of hydrogen-bond donors (Lipinski definition) is 1. The van der Waals surface area contributed by atoms with E-state index in [9.17, 15) is 4.79 Å². The van der Waals surface area contributed by atoms with Gasteiger partial charge in [-0.3, -0.25) is 10.1 Å². The summed E-state index contributed by atoms with van der Waals surface area (Å²) in [4.78, 5) is 23.1. The van der Waals surface area contributed by atoms with Gasteiger partial charge in [0.15, 0.2) is 5.13 Å². The number of carbonyl (C=O) groups is 1. The third-order valence-electron chi connectivity index (χ3n) is 3.01. The smallest absolute Gasteiger partial charge is 0.257 e. The van der Waals surface area contributed by atoms with Crippen LogP contribution in [-0.2, 0) is 0 Å². The Morgan fingerprint density at radius 3 is 2.96 bits per heavy atom.